The van der Waals surface area contributed by atoms with E-state index in [1.54, 1.807) is 0 Å². The van der Waals surface area contributed by atoms with E-state index in [0.717, 1.165) is 17.2 Å². The van der Waals surface area contributed by atoms with Gasteiger partial charge >= 0.3 is 5.97 Å². The van der Waals surface area contributed by atoms with E-state index in [9.17, 15) is 13.2 Å². The molecular formula is C13H14N2O4S2. The van der Waals surface area contributed by atoms with Gasteiger partial charge in [0.25, 0.3) is 0 Å². The fourth-order valence-electron chi connectivity index (χ4n) is 1.74. The summed E-state index contributed by atoms with van der Waals surface area (Å²) in [6, 6.07) is 3.54. The highest BCUT2D eigenvalue weighted by Gasteiger charge is 2.19. The van der Waals surface area contributed by atoms with Crippen molar-refractivity contribution < 1.29 is 18.3 Å². The molecule has 0 aliphatic carbocycles. The Bertz CT molecular complexity index is 781. The maximum absolute atomic E-state index is 12.2. The van der Waals surface area contributed by atoms with Crippen LogP contribution in [-0.2, 0) is 16.6 Å². The van der Waals surface area contributed by atoms with Gasteiger partial charge in [-0.3, -0.25) is 0 Å². The molecule has 1 aromatic carbocycles. The molecule has 112 valence electrons. The van der Waals surface area contributed by atoms with Crippen molar-refractivity contribution in [2.24, 2.45) is 0 Å². The van der Waals surface area contributed by atoms with Gasteiger partial charge in [0.15, 0.2) is 0 Å². The largest absolute Gasteiger partial charge is 0.478 e. The highest BCUT2D eigenvalue weighted by molar-refractivity contribution is 7.89. The fourth-order valence-corrected chi connectivity index (χ4v) is 3.72. The summed E-state index contributed by atoms with van der Waals surface area (Å²) in [5.74, 6) is -1.16. The van der Waals surface area contributed by atoms with E-state index in [4.69, 9.17) is 10.8 Å². The molecule has 0 radical (unpaired) electrons. The Labute approximate surface area is 126 Å². The number of carboxylic acid groups (broad SMARTS) is 1. The van der Waals surface area contributed by atoms with Gasteiger partial charge in [0, 0.05) is 6.54 Å². The second-order valence-corrected chi connectivity index (χ2v) is 6.94. The molecule has 0 aliphatic rings. The SMILES string of the molecule is Cc1cscc1CNS(=O)(=O)c1ccc(C(=O)O)cc1N. The average Bonchev–Trinajstić information content (AvgIpc) is 2.81. The summed E-state index contributed by atoms with van der Waals surface area (Å²) in [7, 11) is -3.79. The maximum atomic E-state index is 12.2. The summed E-state index contributed by atoms with van der Waals surface area (Å²) in [5, 5.41) is 12.6. The highest BCUT2D eigenvalue weighted by atomic mass is 32.2. The van der Waals surface area contributed by atoms with Crippen LogP contribution in [0, 0.1) is 6.92 Å². The molecule has 0 amide bonds. The minimum absolute atomic E-state index is 0.0554. The van der Waals surface area contributed by atoms with E-state index in [-0.39, 0.29) is 22.7 Å². The van der Waals surface area contributed by atoms with E-state index in [2.05, 4.69) is 4.72 Å². The molecule has 1 heterocycles. The summed E-state index contributed by atoms with van der Waals surface area (Å²) in [5.41, 5.74) is 7.40. The zero-order chi connectivity index (χ0) is 15.6. The number of carbonyl (C=O) groups is 1. The number of nitrogens with two attached hydrogens (primary N) is 1. The molecule has 0 unspecified atom stereocenters. The lowest BCUT2D eigenvalue weighted by Crippen LogP contribution is -2.24. The Kier molecular flexibility index (Phi) is 4.31. The highest BCUT2D eigenvalue weighted by Crippen LogP contribution is 2.21. The van der Waals surface area contributed by atoms with Gasteiger partial charge in [-0.05, 0) is 47.0 Å². The van der Waals surface area contributed by atoms with Crippen molar-refractivity contribution in [2.45, 2.75) is 18.4 Å². The van der Waals surface area contributed by atoms with Crippen molar-refractivity contribution in [3.63, 3.8) is 0 Å². The van der Waals surface area contributed by atoms with Crippen LogP contribution in [0.2, 0.25) is 0 Å². The quantitative estimate of drug-likeness (QED) is 0.726. The Balaban J connectivity index is 2.23. The number of nitrogens with one attached hydrogen (secondary N) is 1. The molecule has 0 bridgehead atoms. The number of sulfonamides is 1. The predicted molar refractivity (Wildman–Crippen MR) is 80.9 cm³/mol. The summed E-state index contributed by atoms with van der Waals surface area (Å²) in [6.45, 7) is 2.06. The van der Waals surface area contributed by atoms with E-state index in [0.29, 0.717) is 0 Å². The van der Waals surface area contributed by atoms with Crippen LogP contribution in [0.4, 0.5) is 5.69 Å². The van der Waals surface area contributed by atoms with Crippen molar-refractivity contribution in [1.82, 2.24) is 4.72 Å². The average molecular weight is 326 g/mol. The number of aromatic carboxylic acids is 1. The Morgan fingerprint density at radius 2 is 2.10 bits per heavy atom. The van der Waals surface area contributed by atoms with E-state index in [1.165, 1.54) is 23.5 Å². The molecule has 4 N–H and O–H groups in total. The third kappa shape index (κ3) is 3.41. The van der Waals surface area contributed by atoms with Gasteiger partial charge in [0.05, 0.1) is 11.3 Å². The van der Waals surface area contributed by atoms with Crippen molar-refractivity contribution in [2.75, 3.05) is 5.73 Å². The Morgan fingerprint density at radius 3 is 2.62 bits per heavy atom. The first-order chi connectivity index (χ1) is 9.81. The molecule has 2 aromatic rings. The molecule has 8 heteroatoms. The van der Waals surface area contributed by atoms with E-state index in [1.807, 2.05) is 17.7 Å². The third-order valence-corrected chi connectivity index (χ3v) is 5.35. The minimum Gasteiger partial charge on any atom is -0.478 e. The monoisotopic (exact) mass is 326 g/mol. The zero-order valence-corrected chi connectivity index (χ0v) is 12.8. The number of carboxylic acids is 1. The number of thiophene rings is 1. The van der Waals surface area contributed by atoms with Gasteiger partial charge in [-0.1, -0.05) is 0 Å². The molecule has 0 atom stereocenters. The lowest BCUT2D eigenvalue weighted by molar-refractivity contribution is 0.0697. The lowest BCUT2D eigenvalue weighted by Gasteiger charge is -2.09. The number of anilines is 1. The summed E-state index contributed by atoms with van der Waals surface area (Å²) in [6.07, 6.45) is 0. The summed E-state index contributed by atoms with van der Waals surface area (Å²) in [4.78, 5) is 10.7. The minimum atomic E-state index is -3.79. The van der Waals surface area contributed by atoms with E-state index >= 15 is 0 Å². The van der Waals surface area contributed by atoms with Gasteiger partial charge < -0.3 is 10.8 Å². The maximum Gasteiger partial charge on any atom is 0.335 e. The van der Waals surface area contributed by atoms with Gasteiger partial charge in [-0.25, -0.2) is 17.9 Å². The van der Waals surface area contributed by atoms with Crippen molar-refractivity contribution in [3.05, 3.63) is 45.6 Å². The smallest absolute Gasteiger partial charge is 0.335 e. The number of nitrogen functional groups attached to an aromatic ring is 1. The summed E-state index contributed by atoms with van der Waals surface area (Å²) >= 11 is 1.50. The molecule has 0 fully saturated rings. The van der Waals surface area contributed by atoms with Crippen LogP contribution in [0.1, 0.15) is 21.5 Å². The zero-order valence-electron chi connectivity index (χ0n) is 11.2. The normalized spacial score (nSPS) is 11.5. The van der Waals surface area contributed by atoms with Crippen LogP contribution >= 0.6 is 11.3 Å². The number of rotatable bonds is 5. The van der Waals surface area contributed by atoms with Crippen LogP contribution in [0.3, 0.4) is 0 Å². The first kappa shape index (κ1) is 15.5. The van der Waals surface area contributed by atoms with Crippen molar-refractivity contribution in [3.8, 4) is 0 Å². The van der Waals surface area contributed by atoms with Gasteiger partial charge in [-0.2, -0.15) is 11.3 Å². The molecule has 1 aromatic heterocycles. The Hall–Kier alpha value is -1.90. The second-order valence-electron chi connectivity index (χ2n) is 4.46. The predicted octanol–water partition coefficient (Wildman–Crippen LogP) is 1.82. The fraction of sp³-hybridized carbons (Fsp3) is 0.154. The standard InChI is InChI=1S/C13H14N2O4S2/c1-8-6-20-7-10(8)5-15-21(18,19)12-3-2-9(13(16)17)4-11(12)14/h2-4,6-7,15H,5,14H2,1H3,(H,16,17). The lowest BCUT2D eigenvalue weighted by atomic mass is 10.2. The summed E-state index contributed by atoms with van der Waals surface area (Å²) < 4.78 is 26.9. The van der Waals surface area contributed by atoms with Crippen molar-refractivity contribution in [1.29, 1.82) is 0 Å². The molecular weight excluding hydrogens is 312 g/mol. The number of hydrogen-bond donors (Lipinski definition) is 3. The van der Waals surface area contributed by atoms with E-state index < -0.39 is 16.0 Å². The van der Waals surface area contributed by atoms with Crippen LogP contribution < -0.4 is 10.5 Å². The van der Waals surface area contributed by atoms with Crippen LogP contribution in [0.25, 0.3) is 0 Å². The van der Waals surface area contributed by atoms with Crippen LogP contribution in [0.15, 0.2) is 33.9 Å². The molecule has 6 nitrogen and oxygen atoms in total. The van der Waals surface area contributed by atoms with Gasteiger partial charge in [-0.15, -0.1) is 0 Å². The third-order valence-electron chi connectivity index (χ3n) is 2.96. The Morgan fingerprint density at radius 1 is 1.38 bits per heavy atom. The number of hydrogen-bond acceptors (Lipinski definition) is 5. The first-order valence-corrected chi connectivity index (χ1v) is 8.38. The molecule has 0 saturated carbocycles. The topological polar surface area (TPSA) is 109 Å². The molecule has 0 saturated heterocycles. The molecule has 21 heavy (non-hydrogen) atoms. The molecule has 0 spiro atoms. The molecule has 0 aliphatic heterocycles. The van der Waals surface area contributed by atoms with Crippen LogP contribution in [-0.4, -0.2) is 19.5 Å². The van der Waals surface area contributed by atoms with Gasteiger partial charge in [0.2, 0.25) is 10.0 Å². The molecule has 2 rings (SSSR count). The van der Waals surface area contributed by atoms with Gasteiger partial charge in [0.1, 0.15) is 4.90 Å². The van der Waals surface area contributed by atoms with Crippen LogP contribution in [0.5, 0.6) is 0 Å². The first-order valence-electron chi connectivity index (χ1n) is 5.95. The second kappa shape index (κ2) is 5.84. The number of aryl methyl sites for hydroxylation is 1. The number of benzene rings is 1. The van der Waals surface area contributed by atoms with Crippen molar-refractivity contribution >= 4 is 33.0 Å².